The summed E-state index contributed by atoms with van der Waals surface area (Å²) in [7, 11) is 0. The highest BCUT2D eigenvalue weighted by atomic mass is 35.5. The summed E-state index contributed by atoms with van der Waals surface area (Å²) in [5.41, 5.74) is 6.38. The molecule has 1 aliphatic rings. The Kier molecular flexibility index (Phi) is 9.29. The summed E-state index contributed by atoms with van der Waals surface area (Å²) in [6, 6.07) is 13.8. The Bertz CT molecular complexity index is 1370. The Morgan fingerprint density at radius 2 is 1.43 bits per heavy atom. The number of halogens is 3. The second-order valence-corrected chi connectivity index (χ2v) is 11.7. The molecule has 1 fully saturated rings. The normalized spacial score (nSPS) is 15.0. The summed E-state index contributed by atoms with van der Waals surface area (Å²) in [6.07, 6.45) is 0.840. The van der Waals surface area contributed by atoms with Crippen LogP contribution in [-0.4, -0.2) is 41.2 Å². The quantitative estimate of drug-likeness (QED) is 0.228. The maximum atomic E-state index is 14.4. The number of aryl methyl sites for hydroxylation is 2. The molecule has 0 aliphatic carbocycles. The monoisotopic (exact) mass is 564 g/mol. The lowest BCUT2D eigenvalue weighted by Gasteiger charge is -2.38. The van der Waals surface area contributed by atoms with Crippen LogP contribution in [0.1, 0.15) is 80.7 Å². The van der Waals surface area contributed by atoms with Gasteiger partial charge in [-0.2, -0.15) is 0 Å². The Morgan fingerprint density at radius 1 is 0.825 bits per heavy atom. The first-order chi connectivity index (χ1) is 18.9. The fourth-order valence-corrected chi connectivity index (χ4v) is 5.63. The third-order valence-electron chi connectivity index (χ3n) is 7.31. The van der Waals surface area contributed by atoms with Crippen LogP contribution in [0.5, 0.6) is 0 Å². The van der Waals surface area contributed by atoms with E-state index in [1.54, 1.807) is 0 Å². The molecule has 7 heteroatoms. The molecule has 0 N–H and O–H groups in total. The summed E-state index contributed by atoms with van der Waals surface area (Å²) < 4.78 is 28.8. The predicted octanol–water partition coefficient (Wildman–Crippen LogP) is 9.28. The number of para-hydroxylation sites is 1. The van der Waals surface area contributed by atoms with Crippen molar-refractivity contribution in [3.05, 3.63) is 93.0 Å². The maximum absolute atomic E-state index is 14.4. The van der Waals surface area contributed by atoms with E-state index < -0.39 is 11.6 Å². The molecule has 0 atom stereocenters. The summed E-state index contributed by atoms with van der Waals surface area (Å²) in [6.45, 7) is 16.7. The van der Waals surface area contributed by atoms with E-state index in [0.29, 0.717) is 47.2 Å². The molecule has 3 aromatic rings. The molecular weight excluding hydrogens is 526 g/mol. The van der Waals surface area contributed by atoms with E-state index in [1.807, 2.05) is 32.9 Å². The van der Waals surface area contributed by atoms with Gasteiger partial charge in [0, 0.05) is 24.7 Å². The van der Waals surface area contributed by atoms with Crippen molar-refractivity contribution in [2.24, 2.45) is 9.98 Å². The molecule has 1 saturated heterocycles. The van der Waals surface area contributed by atoms with Crippen LogP contribution < -0.4 is 0 Å². The molecule has 1 aliphatic heterocycles. The smallest absolute Gasteiger partial charge is 0.138 e. The highest BCUT2D eigenvalue weighted by Crippen LogP contribution is 2.35. The fourth-order valence-electron chi connectivity index (χ4n) is 5.27. The molecule has 212 valence electrons. The van der Waals surface area contributed by atoms with Gasteiger partial charge >= 0.3 is 0 Å². The van der Waals surface area contributed by atoms with Gasteiger partial charge in [0.05, 0.1) is 23.1 Å². The van der Waals surface area contributed by atoms with Crippen LogP contribution >= 0.6 is 11.6 Å². The summed E-state index contributed by atoms with van der Waals surface area (Å²) in [4.78, 5) is 14.4. The van der Waals surface area contributed by atoms with Gasteiger partial charge in [0.15, 0.2) is 0 Å². The van der Waals surface area contributed by atoms with Gasteiger partial charge in [-0.25, -0.2) is 18.8 Å². The van der Waals surface area contributed by atoms with Gasteiger partial charge in [0.2, 0.25) is 0 Å². The highest BCUT2D eigenvalue weighted by Gasteiger charge is 2.25. The Morgan fingerprint density at radius 3 is 2.00 bits per heavy atom. The number of rotatable bonds is 5. The molecule has 3 aromatic carbocycles. The number of amidine groups is 2. The van der Waals surface area contributed by atoms with Crippen molar-refractivity contribution in [1.82, 2.24) is 9.80 Å². The van der Waals surface area contributed by atoms with E-state index >= 15 is 0 Å². The van der Waals surface area contributed by atoms with Crippen LogP contribution in [0.15, 0.2) is 58.5 Å². The molecule has 1 heterocycles. The van der Waals surface area contributed by atoms with Gasteiger partial charge in [0.25, 0.3) is 0 Å². The van der Waals surface area contributed by atoms with Gasteiger partial charge in [-0.15, -0.1) is 0 Å². The SMILES string of the molecule is CC(=Nc1c(C(C)C)cccc1C(C)C)N1CCCN(C(=Nc2c(C)cc(C)cc2Cl)c2cc(F)cc(F)c2)C1. The third-order valence-corrected chi connectivity index (χ3v) is 7.60. The van der Waals surface area contributed by atoms with Gasteiger partial charge in [-0.3, -0.25) is 0 Å². The Balaban J connectivity index is 1.77. The number of benzene rings is 3. The second-order valence-electron chi connectivity index (χ2n) is 11.3. The summed E-state index contributed by atoms with van der Waals surface area (Å²) in [5, 5.41) is 0.505. The van der Waals surface area contributed by atoms with Crippen molar-refractivity contribution in [3.8, 4) is 0 Å². The van der Waals surface area contributed by atoms with Crippen LogP contribution in [0.25, 0.3) is 0 Å². The van der Waals surface area contributed by atoms with Crippen molar-refractivity contribution < 1.29 is 8.78 Å². The standard InChI is InChI=1S/C33H39ClF2N4/c1-20(2)28-10-8-11-29(21(3)4)32(28)37-24(7)39-12-9-13-40(19-39)33(25-16-26(35)18-27(36)17-25)38-31-23(6)14-22(5)15-30(31)34/h8,10-11,14-18,20-21H,9,12-13,19H2,1-7H3. The molecule has 0 saturated carbocycles. The number of aliphatic imine (C=N–C) groups is 2. The molecule has 0 radical (unpaired) electrons. The zero-order chi connectivity index (χ0) is 29.1. The zero-order valence-corrected chi connectivity index (χ0v) is 25.3. The van der Waals surface area contributed by atoms with E-state index in [-0.39, 0.29) is 0 Å². The van der Waals surface area contributed by atoms with Crippen LogP contribution in [0.3, 0.4) is 0 Å². The van der Waals surface area contributed by atoms with Gasteiger partial charge in [-0.05, 0) is 79.5 Å². The molecule has 0 unspecified atom stereocenters. The minimum Gasteiger partial charge on any atom is -0.342 e. The molecule has 0 aromatic heterocycles. The summed E-state index contributed by atoms with van der Waals surface area (Å²) in [5.74, 6) is 0.767. The number of hydrogen-bond acceptors (Lipinski definition) is 2. The lowest BCUT2D eigenvalue weighted by molar-refractivity contribution is 0.212. The largest absolute Gasteiger partial charge is 0.342 e. The van der Waals surface area contributed by atoms with Crippen molar-refractivity contribution in [2.75, 3.05) is 19.8 Å². The molecular formula is C33H39ClF2N4. The fraction of sp³-hybridized carbons (Fsp3) is 0.394. The van der Waals surface area contributed by atoms with E-state index in [1.165, 1.54) is 23.3 Å². The minimum absolute atomic E-state index is 0.340. The van der Waals surface area contributed by atoms with E-state index in [0.717, 1.165) is 41.7 Å². The third kappa shape index (κ3) is 6.72. The number of hydrogen-bond donors (Lipinski definition) is 0. The minimum atomic E-state index is -0.646. The molecule has 0 amide bonds. The van der Waals surface area contributed by atoms with Crippen molar-refractivity contribution in [1.29, 1.82) is 0 Å². The van der Waals surface area contributed by atoms with E-state index in [2.05, 4.69) is 55.7 Å². The lowest BCUT2D eigenvalue weighted by atomic mass is 9.93. The molecule has 40 heavy (non-hydrogen) atoms. The van der Waals surface area contributed by atoms with Crippen LogP contribution in [0.4, 0.5) is 20.2 Å². The van der Waals surface area contributed by atoms with Gasteiger partial charge in [0.1, 0.15) is 23.3 Å². The van der Waals surface area contributed by atoms with Crippen LogP contribution in [0, 0.1) is 25.5 Å². The van der Waals surface area contributed by atoms with Gasteiger partial charge < -0.3 is 9.80 Å². The molecule has 4 rings (SSSR count). The first kappa shape index (κ1) is 29.7. The Hall–Kier alpha value is -3.25. The van der Waals surface area contributed by atoms with Gasteiger partial charge in [-0.1, -0.05) is 63.6 Å². The second kappa shape index (κ2) is 12.5. The zero-order valence-electron chi connectivity index (χ0n) is 24.5. The lowest BCUT2D eigenvalue weighted by Crippen LogP contribution is -2.49. The first-order valence-corrected chi connectivity index (χ1v) is 14.3. The summed E-state index contributed by atoms with van der Waals surface area (Å²) >= 11 is 6.61. The average Bonchev–Trinajstić information content (AvgIpc) is 2.87. The van der Waals surface area contributed by atoms with Crippen LogP contribution in [0.2, 0.25) is 5.02 Å². The van der Waals surface area contributed by atoms with E-state index in [4.69, 9.17) is 21.6 Å². The molecule has 0 bridgehead atoms. The van der Waals surface area contributed by atoms with Crippen molar-refractivity contribution in [3.63, 3.8) is 0 Å². The highest BCUT2D eigenvalue weighted by molar-refractivity contribution is 6.33. The first-order valence-electron chi connectivity index (χ1n) is 13.9. The topological polar surface area (TPSA) is 31.2 Å². The van der Waals surface area contributed by atoms with Crippen LogP contribution in [-0.2, 0) is 0 Å². The Labute approximate surface area is 242 Å². The molecule has 0 spiro atoms. The van der Waals surface area contributed by atoms with Crippen molar-refractivity contribution in [2.45, 2.75) is 66.7 Å². The predicted molar refractivity (Wildman–Crippen MR) is 164 cm³/mol. The number of nitrogens with zero attached hydrogens (tertiary/aromatic N) is 4. The molecule has 4 nitrogen and oxygen atoms in total. The maximum Gasteiger partial charge on any atom is 0.138 e. The van der Waals surface area contributed by atoms with Crippen molar-refractivity contribution >= 4 is 34.6 Å². The average molecular weight is 565 g/mol. The van der Waals surface area contributed by atoms with E-state index in [9.17, 15) is 8.78 Å².